The minimum Gasteiger partial charge on any atom is -0.465 e. The van der Waals surface area contributed by atoms with Crippen molar-refractivity contribution in [1.29, 1.82) is 0 Å². The predicted molar refractivity (Wildman–Crippen MR) is 97.6 cm³/mol. The third-order valence-corrected chi connectivity index (χ3v) is 4.47. The highest BCUT2D eigenvalue weighted by Crippen LogP contribution is 2.25. The fourth-order valence-corrected chi connectivity index (χ4v) is 3.12. The molecule has 4 nitrogen and oxygen atoms in total. The summed E-state index contributed by atoms with van der Waals surface area (Å²) < 4.78 is 11.0. The number of hydrogen-bond donors (Lipinski definition) is 0. The van der Waals surface area contributed by atoms with Crippen LogP contribution in [0.25, 0.3) is 0 Å². The summed E-state index contributed by atoms with van der Waals surface area (Å²) in [5, 5.41) is 0. The van der Waals surface area contributed by atoms with Gasteiger partial charge in [-0.25, -0.2) is 0 Å². The summed E-state index contributed by atoms with van der Waals surface area (Å²) in [6.07, 6.45) is 0.849. The van der Waals surface area contributed by atoms with Gasteiger partial charge in [0, 0.05) is 19.6 Å². The fourth-order valence-electron chi connectivity index (χ4n) is 3.12. The van der Waals surface area contributed by atoms with Gasteiger partial charge in [0.05, 0.1) is 19.8 Å². The van der Waals surface area contributed by atoms with E-state index in [1.54, 1.807) is 0 Å². The van der Waals surface area contributed by atoms with Crippen LogP contribution in [0.1, 0.15) is 23.5 Å². The van der Waals surface area contributed by atoms with Crippen LogP contribution in [0.5, 0.6) is 0 Å². The lowest BCUT2D eigenvalue weighted by atomic mass is 9.91. The standard InChI is InChI=1S/C21H25NO3/c23-21(25-15-7-12-22-13-16-24-17-14-22)20(18-8-3-1-4-9-18)19-10-5-2-6-11-19/h1-6,8-11,20H,7,12-17H2. The van der Waals surface area contributed by atoms with E-state index in [4.69, 9.17) is 9.47 Å². The van der Waals surface area contributed by atoms with Crippen LogP contribution in [0.2, 0.25) is 0 Å². The average molecular weight is 339 g/mol. The number of carbonyl (C=O) groups excluding carboxylic acids is 1. The van der Waals surface area contributed by atoms with Gasteiger partial charge in [-0.15, -0.1) is 0 Å². The molecule has 25 heavy (non-hydrogen) atoms. The van der Waals surface area contributed by atoms with Crippen LogP contribution < -0.4 is 0 Å². The highest BCUT2D eigenvalue weighted by atomic mass is 16.5. The second kappa shape index (κ2) is 9.35. The number of benzene rings is 2. The summed E-state index contributed by atoms with van der Waals surface area (Å²) >= 11 is 0. The second-order valence-electron chi connectivity index (χ2n) is 6.23. The topological polar surface area (TPSA) is 38.8 Å². The zero-order valence-corrected chi connectivity index (χ0v) is 14.5. The summed E-state index contributed by atoms with van der Waals surface area (Å²) in [6.45, 7) is 4.91. The van der Waals surface area contributed by atoms with Crippen molar-refractivity contribution in [3.8, 4) is 0 Å². The maximum atomic E-state index is 12.7. The van der Waals surface area contributed by atoms with Crippen LogP contribution in [-0.4, -0.2) is 50.3 Å². The molecular weight excluding hydrogens is 314 g/mol. The van der Waals surface area contributed by atoms with Crippen LogP contribution in [0.3, 0.4) is 0 Å². The first-order chi connectivity index (χ1) is 12.3. The molecule has 1 heterocycles. The number of esters is 1. The van der Waals surface area contributed by atoms with Crippen molar-refractivity contribution in [3.05, 3.63) is 71.8 Å². The molecule has 0 amide bonds. The molecule has 1 fully saturated rings. The normalized spacial score (nSPS) is 15.2. The first kappa shape index (κ1) is 17.6. The van der Waals surface area contributed by atoms with Crippen LogP contribution in [0, 0.1) is 0 Å². The number of rotatable bonds is 7. The van der Waals surface area contributed by atoms with Crippen molar-refractivity contribution in [2.75, 3.05) is 39.5 Å². The SMILES string of the molecule is O=C(OCCCN1CCOCC1)C(c1ccccc1)c1ccccc1. The molecule has 0 saturated carbocycles. The summed E-state index contributed by atoms with van der Waals surface area (Å²) in [4.78, 5) is 15.1. The fraction of sp³-hybridized carbons (Fsp3) is 0.381. The number of nitrogens with zero attached hydrogens (tertiary/aromatic N) is 1. The molecule has 1 aliphatic heterocycles. The van der Waals surface area contributed by atoms with Crippen LogP contribution >= 0.6 is 0 Å². The average Bonchev–Trinajstić information content (AvgIpc) is 2.68. The van der Waals surface area contributed by atoms with E-state index in [2.05, 4.69) is 4.90 Å². The second-order valence-corrected chi connectivity index (χ2v) is 6.23. The van der Waals surface area contributed by atoms with Crippen molar-refractivity contribution in [2.24, 2.45) is 0 Å². The van der Waals surface area contributed by atoms with Crippen LogP contribution in [0.4, 0.5) is 0 Å². The Morgan fingerprint density at radius 2 is 1.52 bits per heavy atom. The van der Waals surface area contributed by atoms with Gasteiger partial charge < -0.3 is 9.47 Å². The molecule has 0 radical (unpaired) electrons. The van der Waals surface area contributed by atoms with Gasteiger partial charge in [0.15, 0.2) is 0 Å². The van der Waals surface area contributed by atoms with E-state index in [9.17, 15) is 4.79 Å². The highest BCUT2D eigenvalue weighted by molar-refractivity contribution is 5.82. The summed E-state index contributed by atoms with van der Waals surface area (Å²) in [7, 11) is 0. The molecule has 2 aromatic rings. The molecule has 0 bridgehead atoms. The lowest BCUT2D eigenvalue weighted by Crippen LogP contribution is -2.37. The van der Waals surface area contributed by atoms with Crippen LogP contribution in [0.15, 0.2) is 60.7 Å². The van der Waals surface area contributed by atoms with E-state index in [0.29, 0.717) is 6.61 Å². The predicted octanol–water partition coefficient (Wildman–Crippen LogP) is 3.08. The Labute approximate surface area is 149 Å². The van der Waals surface area contributed by atoms with E-state index in [1.807, 2.05) is 60.7 Å². The van der Waals surface area contributed by atoms with Gasteiger partial charge in [-0.2, -0.15) is 0 Å². The van der Waals surface area contributed by atoms with Gasteiger partial charge in [-0.1, -0.05) is 60.7 Å². The molecule has 0 spiro atoms. The molecule has 0 N–H and O–H groups in total. The summed E-state index contributed by atoms with van der Waals surface area (Å²) in [5.41, 5.74) is 1.93. The maximum absolute atomic E-state index is 12.7. The zero-order valence-electron chi connectivity index (χ0n) is 14.5. The van der Waals surface area contributed by atoms with E-state index >= 15 is 0 Å². The molecule has 3 rings (SSSR count). The Hall–Kier alpha value is -2.17. The summed E-state index contributed by atoms with van der Waals surface area (Å²) in [5.74, 6) is -0.551. The molecule has 2 aromatic carbocycles. The molecule has 132 valence electrons. The Bertz CT molecular complexity index is 599. The lowest BCUT2D eigenvalue weighted by molar-refractivity contribution is -0.144. The molecule has 0 aromatic heterocycles. The molecule has 1 aliphatic rings. The minimum atomic E-state index is -0.370. The van der Waals surface area contributed by atoms with Gasteiger partial charge in [-0.3, -0.25) is 9.69 Å². The molecule has 4 heteroatoms. The largest absolute Gasteiger partial charge is 0.465 e. The van der Waals surface area contributed by atoms with Gasteiger partial charge in [0.2, 0.25) is 0 Å². The van der Waals surface area contributed by atoms with E-state index in [0.717, 1.165) is 50.4 Å². The maximum Gasteiger partial charge on any atom is 0.317 e. The first-order valence-corrected chi connectivity index (χ1v) is 8.91. The van der Waals surface area contributed by atoms with E-state index in [-0.39, 0.29) is 11.9 Å². The monoisotopic (exact) mass is 339 g/mol. The Morgan fingerprint density at radius 1 is 0.960 bits per heavy atom. The van der Waals surface area contributed by atoms with Crippen LogP contribution in [-0.2, 0) is 14.3 Å². The zero-order chi connectivity index (χ0) is 17.3. The van der Waals surface area contributed by atoms with Crippen molar-refractivity contribution in [2.45, 2.75) is 12.3 Å². The van der Waals surface area contributed by atoms with Crippen molar-refractivity contribution in [3.63, 3.8) is 0 Å². The van der Waals surface area contributed by atoms with E-state index < -0.39 is 0 Å². The third-order valence-electron chi connectivity index (χ3n) is 4.47. The lowest BCUT2D eigenvalue weighted by Gasteiger charge is -2.26. The number of carbonyl (C=O) groups is 1. The Morgan fingerprint density at radius 3 is 2.08 bits per heavy atom. The first-order valence-electron chi connectivity index (χ1n) is 8.91. The smallest absolute Gasteiger partial charge is 0.317 e. The highest BCUT2D eigenvalue weighted by Gasteiger charge is 2.24. The number of ether oxygens (including phenoxy) is 2. The van der Waals surface area contributed by atoms with Crippen molar-refractivity contribution < 1.29 is 14.3 Å². The Balaban J connectivity index is 1.58. The van der Waals surface area contributed by atoms with Gasteiger partial charge in [0.25, 0.3) is 0 Å². The molecule has 0 atom stereocenters. The van der Waals surface area contributed by atoms with Crippen molar-refractivity contribution in [1.82, 2.24) is 4.90 Å². The van der Waals surface area contributed by atoms with Gasteiger partial charge in [0.1, 0.15) is 5.92 Å². The van der Waals surface area contributed by atoms with Gasteiger partial charge in [-0.05, 0) is 17.5 Å². The third kappa shape index (κ3) is 5.15. The summed E-state index contributed by atoms with van der Waals surface area (Å²) in [6, 6.07) is 19.7. The quantitative estimate of drug-likeness (QED) is 0.574. The molecule has 0 aliphatic carbocycles. The van der Waals surface area contributed by atoms with Gasteiger partial charge >= 0.3 is 5.97 Å². The minimum absolute atomic E-state index is 0.181. The number of hydrogen-bond acceptors (Lipinski definition) is 4. The molecule has 0 unspecified atom stereocenters. The number of morpholine rings is 1. The van der Waals surface area contributed by atoms with Crippen molar-refractivity contribution >= 4 is 5.97 Å². The molecule has 1 saturated heterocycles. The Kier molecular flexibility index (Phi) is 6.60. The molecular formula is C21H25NO3. The van der Waals surface area contributed by atoms with E-state index in [1.165, 1.54) is 0 Å².